The summed E-state index contributed by atoms with van der Waals surface area (Å²) in [6.07, 6.45) is 0.476. The van der Waals surface area contributed by atoms with Crippen molar-refractivity contribution in [2.75, 3.05) is 33.5 Å². The maximum Gasteiger partial charge on any atom is 0.112 e. The Bertz CT molecular complexity index is 185. The Morgan fingerprint density at radius 3 is 2.71 bits per heavy atom. The van der Waals surface area contributed by atoms with Crippen LogP contribution < -0.4 is 0 Å². The predicted molar refractivity (Wildman–Crippen MR) is 50.3 cm³/mol. The van der Waals surface area contributed by atoms with Gasteiger partial charge in [-0.1, -0.05) is 6.92 Å². The molecule has 0 aliphatic carbocycles. The smallest absolute Gasteiger partial charge is 0.112 e. The molecule has 4 heteroatoms. The van der Waals surface area contributed by atoms with Crippen molar-refractivity contribution in [3.8, 4) is 0 Å². The van der Waals surface area contributed by atoms with E-state index < -0.39 is 0 Å². The van der Waals surface area contributed by atoms with Gasteiger partial charge in [-0.15, -0.1) is 0 Å². The first kappa shape index (κ1) is 10.4. The summed E-state index contributed by atoms with van der Waals surface area (Å²) in [5, 5.41) is 0. The summed E-state index contributed by atoms with van der Waals surface area (Å²) >= 11 is 0. The number of ether oxygens (including phenoxy) is 4. The van der Waals surface area contributed by atoms with Crippen molar-refractivity contribution in [1.82, 2.24) is 0 Å². The molecule has 0 spiro atoms. The molecule has 2 rings (SSSR count). The van der Waals surface area contributed by atoms with Crippen LogP contribution >= 0.6 is 0 Å². The highest BCUT2D eigenvalue weighted by Gasteiger charge is 2.46. The minimum absolute atomic E-state index is 0.0973. The van der Waals surface area contributed by atoms with Gasteiger partial charge >= 0.3 is 0 Å². The van der Waals surface area contributed by atoms with Crippen molar-refractivity contribution in [3.05, 3.63) is 0 Å². The van der Waals surface area contributed by atoms with Gasteiger partial charge in [0.2, 0.25) is 0 Å². The highest BCUT2D eigenvalue weighted by molar-refractivity contribution is 4.93. The molecule has 2 fully saturated rings. The van der Waals surface area contributed by atoms with Crippen LogP contribution in [0.25, 0.3) is 0 Å². The van der Waals surface area contributed by atoms with Crippen molar-refractivity contribution in [3.63, 3.8) is 0 Å². The minimum Gasteiger partial charge on any atom is -0.382 e. The topological polar surface area (TPSA) is 36.9 Å². The zero-order chi connectivity index (χ0) is 9.97. The minimum atomic E-state index is 0.0973. The maximum atomic E-state index is 5.64. The molecule has 0 aromatic carbocycles. The summed E-state index contributed by atoms with van der Waals surface area (Å²) in [5.41, 5.74) is 0. The van der Waals surface area contributed by atoms with Gasteiger partial charge in [0.15, 0.2) is 0 Å². The van der Waals surface area contributed by atoms with E-state index in [4.69, 9.17) is 18.9 Å². The fourth-order valence-corrected chi connectivity index (χ4v) is 2.08. The standard InChI is InChI=1S/C10H18O4/c1-7-5-13-10-8(6-14-9(7)10)12-4-3-11-2/h7-10H,3-6H2,1-2H3/t7-,8+,9?,10?/m1/s1. The summed E-state index contributed by atoms with van der Waals surface area (Å²) < 4.78 is 21.8. The molecule has 0 bridgehead atoms. The van der Waals surface area contributed by atoms with Crippen LogP contribution in [0, 0.1) is 5.92 Å². The van der Waals surface area contributed by atoms with Crippen LogP contribution in [0.2, 0.25) is 0 Å². The van der Waals surface area contributed by atoms with E-state index in [9.17, 15) is 0 Å². The Hall–Kier alpha value is -0.160. The monoisotopic (exact) mass is 202 g/mol. The second-order valence-electron chi connectivity index (χ2n) is 3.98. The number of rotatable bonds is 4. The maximum absolute atomic E-state index is 5.64. The van der Waals surface area contributed by atoms with Gasteiger partial charge in [0.05, 0.1) is 32.5 Å². The van der Waals surface area contributed by atoms with E-state index in [1.807, 2.05) is 0 Å². The van der Waals surface area contributed by atoms with Crippen LogP contribution in [0.1, 0.15) is 6.92 Å². The molecule has 0 aromatic rings. The van der Waals surface area contributed by atoms with Gasteiger partial charge in [-0.2, -0.15) is 0 Å². The van der Waals surface area contributed by atoms with Crippen molar-refractivity contribution in [2.24, 2.45) is 5.92 Å². The SMILES string of the molecule is COCCO[C@H]1COC2C1OC[C@H]2C. The van der Waals surface area contributed by atoms with Gasteiger partial charge in [-0.05, 0) is 0 Å². The molecule has 14 heavy (non-hydrogen) atoms. The molecule has 0 radical (unpaired) electrons. The molecule has 2 saturated heterocycles. The van der Waals surface area contributed by atoms with Gasteiger partial charge in [0.25, 0.3) is 0 Å². The summed E-state index contributed by atoms with van der Waals surface area (Å²) in [6.45, 7) is 4.85. The van der Waals surface area contributed by atoms with Crippen molar-refractivity contribution in [2.45, 2.75) is 25.2 Å². The summed E-state index contributed by atoms with van der Waals surface area (Å²) in [5.74, 6) is 0.496. The normalized spacial score (nSPS) is 41.6. The number of hydrogen-bond acceptors (Lipinski definition) is 4. The van der Waals surface area contributed by atoms with Crippen LogP contribution in [0.3, 0.4) is 0 Å². The third-order valence-electron chi connectivity index (χ3n) is 2.87. The zero-order valence-corrected chi connectivity index (χ0v) is 8.77. The van der Waals surface area contributed by atoms with Crippen LogP contribution in [0.4, 0.5) is 0 Å². The highest BCUT2D eigenvalue weighted by Crippen LogP contribution is 2.31. The average Bonchev–Trinajstić information content (AvgIpc) is 2.72. The van der Waals surface area contributed by atoms with E-state index in [-0.39, 0.29) is 18.3 Å². The first-order valence-electron chi connectivity index (χ1n) is 5.16. The Morgan fingerprint density at radius 2 is 1.93 bits per heavy atom. The molecule has 82 valence electrons. The van der Waals surface area contributed by atoms with Crippen LogP contribution in [-0.4, -0.2) is 51.8 Å². The van der Waals surface area contributed by atoms with Gasteiger partial charge < -0.3 is 18.9 Å². The molecule has 4 atom stereocenters. The number of hydrogen-bond donors (Lipinski definition) is 0. The predicted octanol–water partition coefficient (Wildman–Crippen LogP) is 0.452. The van der Waals surface area contributed by atoms with Gasteiger partial charge in [-0.25, -0.2) is 0 Å². The van der Waals surface area contributed by atoms with E-state index in [2.05, 4.69) is 6.92 Å². The summed E-state index contributed by atoms with van der Waals surface area (Å²) in [6, 6.07) is 0. The second-order valence-corrected chi connectivity index (χ2v) is 3.98. The van der Waals surface area contributed by atoms with Gasteiger partial charge in [-0.3, -0.25) is 0 Å². The molecule has 2 aliphatic rings. The molecule has 2 heterocycles. The molecule has 4 nitrogen and oxygen atoms in total. The number of fused-ring (bicyclic) bond motifs is 1. The first-order valence-corrected chi connectivity index (χ1v) is 5.16. The van der Waals surface area contributed by atoms with E-state index in [1.165, 1.54) is 0 Å². The lowest BCUT2D eigenvalue weighted by Crippen LogP contribution is -2.31. The largest absolute Gasteiger partial charge is 0.382 e. The van der Waals surface area contributed by atoms with Gasteiger partial charge in [0.1, 0.15) is 12.2 Å². The quantitative estimate of drug-likeness (QED) is 0.620. The molecular formula is C10H18O4. The molecule has 2 aliphatic heterocycles. The van der Waals surface area contributed by atoms with Crippen molar-refractivity contribution < 1.29 is 18.9 Å². The first-order chi connectivity index (χ1) is 6.83. The van der Waals surface area contributed by atoms with Crippen LogP contribution in [0.15, 0.2) is 0 Å². The molecule has 0 N–H and O–H groups in total. The van der Waals surface area contributed by atoms with E-state index in [1.54, 1.807) is 7.11 Å². The Kier molecular flexibility index (Phi) is 3.38. The molecule has 0 saturated carbocycles. The molecule has 0 amide bonds. The van der Waals surface area contributed by atoms with E-state index in [0.717, 1.165) is 6.61 Å². The lowest BCUT2D eigenvalue weighted by atomic mass is 10.0. The fraction of sp³-hybridized carbons (Fsp3) is 1.00. The molecule has 0 aromatic heterocycles. The van der Waals surface area contributed by atoms with E-state index in [0.29, 0.717) is 25.7 Å². The van der Waals surface area contributed by atoms with Crippen molar-refractivity contribution >= 4 is 0 Å². The number of methoxy groups -OCH3 is 1. The second kappa shape index (κ2) is 4.57. The summed E-state index contributed by atoms with van der Waals surface area (Å²) in [7, 11) is 1.67. The zero-order valence-electron chi connectivity index (χ0n) is 8.77. The lowest BCUT2D eigenvalue weighted by molar-refractivity contribution is -0.0457. The molecule has 2 unspecified atom stereocenters. The van der Waals surface area contributed by atoms with Crippen LogP contribution in [0.5, 0.6) is 0 Å². The lowest BCUT2D eigenvalue weighted by Gasteiger charge is -2.16. The summed E-state index contributed by atoms with van der Waals surface area (Å²) in [4.78, 5) is 0. The Labute approximate surface area is 84.5 Å². The van der Waals surface area contributed by atoms with Crippen molar-refractivity contribution in [1.29, 1.82) is 0 Å². The van der Waals surface area contributed by atoms with Crippen LogP contribution in [-0.2, 0) is 18.9 Å². The highest BCUT2D eigenvalue weighted by atomic mass is 16.6. The van der Waals surface area contributed by atoms with E-state index >= 15 is 0 Å². The fourth-order valence-electron chi connectivity index (χ4n) is 2.08. The third kappa shape index (κ3) is 1.93. The Morgan fingerprint density at radius 1 is 1.14 bits per heavy atom. The molecular weight excluding hydrogens is 184 g/mol. The third-order valence-corrected chi connectivity index (χ3v) is 2.87. The average molecular weight is 202 g/mol. The Balaban J connectivity index is 1.78. The van der Waals surface area contributed by atoms with Gasteiger partial charge in [0, 0.05) is 13.0 Å².